The maximum Gasteiger partial charge on any atom is 0.257 e. The Bertz CT molecular complexity index is 912. The third kappa shape index (κ3) is 5.41. The summed E-state index contributed by atoms with van der Waals surface area (Å²) in [5, 5.41) is 3.10. The van der Waals surface area contributed by atoms with Gasteiger partial charge < -0.3 is 9.64 Å². The summed E-state index contributed by atoms with van der Waals surface area (Å²) < 4.78 is 5.76. The second-order valence-electron chi connectivity index (χ2n) is 6.26. The first-order valence-electron chi connectivity index (χ1n) is 9.04. The average Bonchev–Trinajstić information content (AvgIpc) is 2.75. The molecule has 0 saturated carbocycles. The number of hydrogen-bond donors (Lipinski definition) is 1. The van der Waals surface area contributed by atoms with Gasteiger partial charge in [0.2, 0.25) is 0 Å². The minimum Gasteiger partial charge on any atom is -0.493 e. The molecule has 0 aliphatic carbocycles. The molecule has 4 nitrogen and oxygen atoms in total. The van der Waals surface area contributed by atoms with Gasteiger partial charge in [0.15, 0.2) is 5.11 Å². The van der Waals surface area contributed by atoms with Gasteiger partial charge in [-0.25, -0.2) is 0 Å². The molecule has 1 amide bonds. The number of para-hydroxylation sites is 1. The highest BCUT2D eigenvalue weighted by Gasteiger charge is 2.12. The lowest BCUT2D eigenvalue weighted by Crippen LogP contribution is -2.40. The first-order chi connectivity index (χ1) is 13.6. The van der Waals surface area contributed by atoms with Crippen LogP contribution >= 0.6 is 12.2 Å². The van der Waals surface area contributed by atoms with Gasteiger partial charge in [-0.2, -0.15) is 0 Å². The van der Waals surface area contributed by atoms with Crippen LogP contribution in [0, 0.1) is 0 Å². The Morgan fingerprint density at radius 3 is 2.18 bits per heavy atom. The molecule has 0 radical (unpaired) electrons. The topological polar surface area (TPSA) is 41.6 Å². The predicted octanol–water partition coefficient (Wildman–Crippen LogP) is 4.46. The molecule has 142 valence electrons. The molecule has 0 bridgehead atoms. The minimum atomic E-state index is -0.247. The normalized spacial score (nSPS) is 10.2. The standard InChI is InChI=1S/C23H22N2O2S/c1-25(20-10-6-3-7-11-20)23(28)24-22(26)19-12-14-21(15-13-19)27-17-16-18-8-4-2-5-9-18/h2-15H,16-17H2,1H3,(H,24,26,28). The van der Waals surface area contributed by atoms with Crippen molar-refractivity contribution in [3.63, 3.8) is 0 Å². The molecular formula is C23H22N2O2S. The lowest BCUT2D eigenvalue weighted by molar-refractivity contribution is 0.0977. The van der Waals surface area contributed by atoms with Crippen molar-refractivity contribution >= 4 is 28.9 Å². The van der Waals surface area contributed by atoms with Crippen LogP contribution in [0.4, 0.5) is 5.69 Å². The van der Waals surface area contributed by atoms with Gasteiger partial charge in [-0.3, -0.25) is 10.1 Å². The number of thiocarbonyl (C=S) groups is 1. The number of hydrogen-bond acceptors (Lipinski definition) is 3. The van der Waals surface area contributed by atoms with Crippen LogP contribution in [-0.4, -0.2) is 24.7 Å². The van der Waals surface area contributed by atoms with Crippen LogP contribution < -0.4 is 15.0 Å². The van der Waals surface area contributed by atoms with E-state index >= 15 is 0 Å². The summed E-state index contributed by atoms with van der Waals surface area (Å²) in [4.78, 5) is 14.2. The molecule has 0 aliphatic rings. The van der Waals surface area contributed by atoms with Crippen molar-refractivity contribution in [1.29, 1.82) is 0 Å². The fourth-order valence-electron chi connectivity index (χ4n) is 2.66. The van der Waals surface area contributed by atoms with Gasteiger partial charge >= 0.3 is 0 Å². The molecule has 28 heavy (non-hydrogen) atoms. The number of carbonyl (C=O) groups is 1. The third-order valence-electron chi connectivity index (χ3n) is 4.29. The Kier molecular flexibility index (Phi) is 6.76. The van der Waals surface area contributed by atoms with Crippen molar-refractivity contribution in [2.75, 3.05) is 18.6 Å². The molecule has 3 aromatic carbocycles. The van der Waals surface area contributed by atoms with Crippen LogP contribution in [0.3, 0.4) is 0 Å². The molecule has 0 fully saturated rings. The highest BCUT2D eigenvalue weighted by Crippen LogP contribution is 2.14. The SMILES string of the molecule is CN(C(=S)NC(=O)c1ccc(OCCc2ccccc2)cc1)c1ccccc1. The summed E-state index contributed by atoms with van der Waals surface area (Å²) in [6, 6.07) is 26.9. The zero-order chi connectivity index (χ0) is 19.8. The summed E-state index contributed by atoms with van der Waals surface area (Å²) >= 11 is 5.33. The maximum atomic E-state index is 12.4. The number of amides is 1. The van der Waals surface area contributed by atoms with Gasteiger partial charge in [0, 0.05) is 24.7 Å². The highest BCUT2D eigenvalue weighted by molar-refractivity contribution is 7.80. The summed E-state index contributed by atoms with van der Waals surface area (Å²) in [6.07, 6.45) is 0.836. The molecule has 1 N–H and O–H groups in total. The first-order valence-corrected chi connectivity index (χ1v) is 9.45. The monoisotopic (exact) mass is 390 g/mol. The van der Waals surface area contributed by atoms with Crippen LogP contribution in [0.5, 0.6) is 5.75 Å². The Labute approximate surface area is 170 Å². The van der Waals surface area contributed by atoms with Crippen molar-refractivity contribution < 1.29 is 9.53 Å². The lowest BCUT2D eigenvalue weighted by atomic mass is 10.2. The molecular weight excluding hydrogens is 368 g/mol. The number of benzene rings is 3. The molecule has 3 rings (SSSR count). The average molecular weight is 391 g/mol. The van der Waals surface area contributed by atoms with E-state index in [0.29, 0.717) is 17.3 Å². The van der Waals surface area contributed by atoms with Gasteiger partial charge in [0.05, 0.1) is 6.61 Å². The smallest absolute Gasteiger partial charge is 0.257 e. The second kappa shape index (κ2) is 9.67. The summed E-state index contributed by atoms with van der Waals surface area (Å²) in [5.41, 5.74) is 2.67. The Morgan fingerprint density at radius 1 is 0.929 bits per heavy atom. The molecule has 0 unspecified atom stereocenters. The van der Waals surface area contributed by atoms with E-state index in [1.807, 2.05) is 55.6 Å². The van der Waals surface area contributed by atoms with Crippen molar-refractivity contribution in [2.24, 2.45) is 0 Å². The Hall–Kier alpha value is -3.18. The second-order valence-corrected chi connectivity index (χ2v) is 6.65. The van der Waals surface area contributed by atoms with Crippen molar-refractivity contribution in [2.45, 2.75) is 6.42 Å². The molecule has 0 heterocycles. The van der Waals surface area contributed by atoms with E-state index < -0.39 is 0 Å². The third-order valence-corrected chi connectivity index (χ3v) is 4.66. The number of rotatable bonds is 6. The van der Waals surface area contributed by atoms with Gasteiger partial charge in [0.1, 0.15) is 5.75 Å². The largest absolute Gasteiger partial charge is 0.493 e. The Balaban J connectivity index is 1.51. The minimum absolute atomic E-state index is 0.247. The highest BCUT2D eigenvalue weighted by atomic mass is 32.1. The summed E-state index contributed by atoms with van der Waals surface area (Å²) in [7, 11) is 1.82. The zero-order valence-corrected chi connectivity index (χ0v) is 16.5. The van der Waals surface area contributed by atoms with Crippen LogP contribution in [0.15, 0.2) is 84.9 Å². The van der Waals surface area contributed by atoms with E-state index in [1.165, 1.54) is 5.56 Å². The van der Waals surface area contributed by atoms with Crippen molar-refractivity contribution in [3.05, 3.63) is 96.1 Å². The van der Waals surface area contributed by atoms with Crippen molar-refractivity contribution in [1.82, 2.24) is 5.32 Å². The summed E-state index contributed by atoms with van der Waals surface area (Å²) in [6.45, 7) is 0.585. The molecule has 0 spiro atoms. The van der Waals surface area contributed by atoms with Crippen LogP contribution in [0.2, 0.25) is 0 Å². The van der Waals surface area contributed by atoms with Gasteiger partial charge in [-0.1, -0.05) is 48.5 Å². The van der Waals surface area contributed by atoms with Gasteiger partial charge in [-0.15, -0.1) is 0 Å². The van der Waals surface area contributed by atoms with Crippen molar-refractivity contribution in [3.8, 4) is 5.75 Å². The molecule has 0 atom stereocenters. The van der Waals surface area contributed by atoms with Gasteiger partial charge in [0.25, 0.3) is 5.91 Å². The molecule has 0 saturated heterocycles. The van der Waals surface area contributed by atoms with Crippen LogP contribution in [0.1, 0.15) is 15.9 Å². The van der Waals surface area contributed by atoms with E-state index in [1.54, 1.807) is 29.2 Å². The van der Waals surface area contributed by atoms with E-state index in [4.69, 9.17) is 17.0 Å². The number of nitrogens with one attached hydrogen (secondary N) is 1. The number of anilines is 1. The lowest BCUT2D eigenvalue weighted by Gasteiger charge is -2.20. The van der Waals surface area contributed by atoms with Crippen LogP contribution in [0.25, 0.3) is 0 Å². The quantitative estimate of drug-likeness (QED) is 0.631. The predicted molar refractivity (Wildman–Crippen MR) is 117 cm³/mol. The molecule has 0 aromatic heterocycles. The van der Waals surface area contributed by atoms with E-state index in [2.05, 4.69) is 17.4 Å². The van der Waals surface area contributed by atoms with E-state index in [9.17, 15) is 4.79 Å². The molecule has 5 heteroatoms. The number of nitrogens with zero attached hydrogens (tertiary/aromatic N) is 1. The zero-order valence-electron chi connectivity index (χ0n) is 15.7. The fraction of sp³-hybridized carbons (Fsp3) is 0.130. The summed E-state index contributed by atoms with van der Waals surface area (Å²) in [5.74, 6) is 0.486. The maximum absolute atomic E-state index is 12.4. The number of carbonyl (C=O) groups excluding carboxylic acids is 1. The first kappa shape index (κ1) is 19.6. The Morgan fingerprint density at radius 2 is 1.54 bits per heavy atom. The van der Waals surface area contributed by atoms with E-state index in [0.717, 1.165) is 17.9 Å². The molecule has 3 aromatic rings. The fourth-order valence-corrected chi connectivity index (χ4v) is 2.85. The van der Waals surface area contributed by atoms with E-state index in [-0.39, 0.29) is 5.91 Å². The van der Waals surface area contributed by atoms with Gasteiger partial charge in [-0.05, 0) is 54.2 Å². The van der Waals surface area contributed by atoms with Crippen LogP contribution in [-0.2, 0) is 6.42 Å². The molecule has 0 aliphatic heterocycles. The number of ether oxygens (including phenoxy) is 1.